The predicted molar refractivity (Wildman–Crippen MR) is 169 cm³/mol. The fourth-order valence-electron chi connectivity index (χ4n) is 4.29. The van der Waals surface area contributed by atoms with Crippen LogP contribution in [0.4, 0.5) is 0 Å². The fraction of sp³-hybridized carbons (Fsp3) is 1.00. The average molecular weight is 648 g/mol. The number of rotatable bonds is 32. The van der Waals surface area contributed by atoms with Crippen molar-refractivity contribution in [2.45, 2.75) is 122 Å². The van der Waals surface area contributed by atoms with E-state index in [4.69, 9.17) is 23.5 Å². The molecule has 0 aliphatic carbocycles. The lowest BCUT2D eigenvalue weighted by molar-refractivity contribution is -0.0252. The van der Waals surface area contributed by atoms with E-state index in [-0.39, 0.29) is 25.5 Å². The molecule has 254 valence electrons. The number of aliphatic hydroxyl groups excluding tert-OH is 1. The van der Waals surface area contributed by atoms with Crippen molar-refractivity contribution in [3.8, 4) is 0 Å². The van der Waals surface area contributed by atoms with Gasteiger partial charge in [0.15, 0.2) is 0 Å². The minimum absolute atomic E-state index is 0.0106. The summed E-state index contributed by atoms with van der Waals surface area (Å²) in [5.74, 6) is 0. The Labute approximate surface area is 255 Å². The molecule has 0 heterocycles. The van der Waals surface area contributed by atoms with Gasteiger partial charge >= 0.3 is 7.60 Å². The Hall–Kier alpha value is 0.1000. The van der Waals surface area contributed by atoms with Crippen LogP contribution in [0.3, 0.4) is 0 Å². The first kappa shape index (κ1) is 42.1. The van der Waals surface area contributed by atoms with Gasteiger partial charge in [-0.15, -0.1) is 0 Å². The Morgan fingerprint density at radius 1 is 0.643 bits per heavy atom. The van der Waals surface area contributed by atoms with Crippen LogP contribution in [-0.2, 0) is 32.6 Å². The molecule has 0 aromatic rings. The van der Waals surface area contributed by atoms with Crippen molar-refractivity contribution >= 4 is 15.1 Å². The Balaban J connectivity index is 3.72. The van der Waals surface area contributed by atoms with Crippen LogP contribution in [0.15, 0.2) is 0 Å². The lowest BCUT2D eigenvalue weighted by Crippen LogP contribution is -2.23. The van der Waals surface area contributed by atoms with E-state index in [9.17, 15) is 24.0 Å². The Bertz CT molecular complexity index is 703. The molecular formula is C29H63NO10P2. The zero-order valence-corrected chi connectivity index (χ0v) is 28.7. The lowest BCUT2D eigenvalue weighted by Gasteiger charge is -2.24. The van der Waals surface area contributed by atoms with Crippen LogP contribution in [0.25, 0.3) is 0 Å². The molecule has 0 radical (unpaired) electrons. The van der Waals surface area contributed by atoms with Gasteiger partial charge in [-0.2, -0.15) is 0 Å². The highest BCUT2D eigenvalue weighted by atomic mass is 31.2. The molecule has 0 saturated heterocycles. The molecule has 13 heteroatoms. The van der Waals surface area contributed by atoms with E-state index in [0.717, 1.165) is 44.9 Å². The summed E-state index contributed by atoms with van der Waals surface area (Å²) in [5.41, 5.74) is -0.627. The molecule has 42 heavy (non-hydrogen) atoms. The quantitative estimate of drug-likeness (QED) is 0.0511. The number of nitrogens with one attached hydrogen (secondary N) is 1. The molecule has 11 nitrogen and oxygen atoms in total. The zero-order chi connectivity index (χ0) is 31.5. The summed E-state index contributed by atoms with van der Waals surface area (Å²) in [7, 11) is -7.11. The van der Waals surface area contributed by atoms with Gasteiger partial charge in [-0.3, -0.25) is 9.13 Å². The smallest absolute Gasteiger partial charge is 0.330 e. The fourth-order valence-corrected chi connectivity index (χ4v) is 7.31. The van der Waals surface area contributed by atoms with E-state index in [1.54, 1.807) is 6.92 Å². The van der Waals surface area contributed by atoms with Crippen LogP contribution in [0.5, 0.6) is 0 Å². The maximum absolute atomic E-state index is 12.9. The summed E-state index contributed by atoms with van der Waals surface area (Å²) in [4.78, 5) is 20.5. The molecule has 5 atom stereocenters. The molecule has 0 amide bonds. The van der Waals surface area contributed by atoms with E-state index < -0.39 is 26.9 Å². The highest BCUT2D eigenvalue weighted by Crippen LogP contribution is 2.49. The highest BCUT2D eigenvalue weighted by Gasteiger charge is 2.30. The monoisotopic (exact) mass is 647 g/mol. The zero-order valence-electron chi connectivity index (χ0n) is 26.9. The molecule has 0 aliphatic rings. The van der Waals surface area contributed by atoms with Crippen LogP contribution < -0.4 is 5.09 Å². The van der Waals surface area contributed by atoms with E-state index in [1.165, 1.54) is 19.3 Å². The SMILES string of the molecule is CCCCCCCC(CCCC)P(=O)(O)NCCCOCCOCCOCCOCC(O)COP(=O)(O)C(C)CCC. The first-order valence-electron chi connectivity index (χ1n) is 16.1. The van der Waals surface area contributed by atoms with Crippen molar-refractivity contribution < 1.29 is 47.5 Å². The largest absolute Gasteiger partial charge is 0.388 e. The molecule has 0 fully saturated rings. The van der Waals surface area contributed by atoms with Gasteiger partial charge in [0.2, 0.25) is 0 Å². The van der Waals surface area contributed by atoms with Crippen molar-refractivity contribution in [3.05, 3.63) is 0 Å². The van der Waals surface area contributed by atoms with Crippen LogP contribution in [0.2, 0.25) is 0 Å². The normalized spacial score (nSPS) is 17.0. The molecule has 5 unspecified atom stereocenters. The third kappa shape index (κ3) is 23.5. The summed E-state index contributed by atoms with van der Waals surface area (Å²) in [5, 5.41) is 12.8. The van der Waals surface area contributed by atoms with Crippen LogP contribution >= 0.6 is 15.1 Å². The molecule has 0 aromatic carbocycles. The summed E-state index contributed by atoms with van der Waals surface area (Å²) in [6, 6.07) is 0. The average Bonchev–Trinajstić information content (AvgIpc) is 2.95. The molecular weight excluding hydrogens is 584 g/mol. The summed E-state index contributed by atoms with van der Waals surface area (Å²) in [6.45, 7) is 10.9. The van der Waals surface area contributed by atoms with Gasteiger partial charge in [0.25, 0.3) is 7.52 Å². The van der Waals surface area contributed by atoms with Crippen LogP contribution in [0, 0.1) is 0 Å². The van der Waals surface area contributed by atoms with Crippen molar-refractivity contribution in [1.82, 2.24) is 5.09 Å². The first-order chi connectivity index (χ1) is 20.1. The Morgan fingerprint density at radius 2 is 1.19 bits per heavy atom. The third-order valence-electron chi connectivity index (χ3n) is 6.97. The van der Waals surface area contributed by atoms with E-state index in [2.05, 4.69) is 18.9 Å². The molecule has 4 N–H and O–H groups in total. The number of unbranched alkanes of at least 4 members (excludes halogenated alkanes) is 5. The van der Waals surface area contributed by atoms with Gasteiger partial charge < -0.3 is 38.4 Å². The predicted octanol–water partition coefficient (Wildman–Crippen LogP) is 5.89. The van der Waals surface area contributed by atoms with Crippen molar-refractivity contribution in [3.63, 3.8) is 0 Å². The second kappa shape index (κ2) is 27.4. The number of ether oxygens (including phenoxy) is 4. The standard InChI is InChI=1S/C29H63NO10P2/c1-5-8-10-11-12-16-29(15-9-6-2)41(32,33)30-17-13-18-36-19-20-37-21-22-38-23-24-39-25-28(31)26-40-42(34,35)27(4)14-7-3/h27-29,31H,5-26H2,1-4H3,(H,34,35)(H2,30,32,33). The lowest BCUT2D eigenvalue weighted by atomic mass is 10.1. The second-order valence-corrected chi connectivity index (χ2v) is 15.5. The van der Waals surface area contributed by atoms with Crippen molar-refractivity contribution in [2.75, 3.05) is 66.0 Å². The van der Waals surface area contributed by atoms with Crippen molar-refractivity contribution in [2.24, 2.45) is 0 Å². The first-order valence-corrected chi connectivity index (χ1v) is 19.5. The molecule has 0 saturated carbocycles. The second-order valence-electron chi connectivity index (χ2n) is 10.9. The topological polar surface area (TPSA) is 153 Å². The van der Waals surface area contributed by atoms with Crippen LogP contribution in [-0.4, -0.2) is 98.3 Å². The number of aliphatic hydroxyl groups is 1. The third-order valence-corrected chi connectivity index (χ3v) is 11.0. The Morgan fingerprint density at radius 3 is 1.79 bits per heavy atom. The van der Waals surface area contributed by atoms with E-state index in [0.29, 0.717) is 59.0 Å². The summed E-state index contributed by atoms with van der Waals surface area (Å²) >= 11 is 0. The van der Waals surface area contributed by atoms with Crippen LogP contribution in [0.1, 0.15) is 105 Å². The van der Waals surface area contributed by atoms with E-state index in [1.807, 2.05) is 6.92 Å². The van der Waals surface area contributed by atoms with Gasteiger partial charge in [-0.1, -0.05) is 79.1 Å². The van der Waals surface area contributed by atoms with E-state index >= 15 is 0 Å². The molecule has 0 aromatic heterocycles. The maximum Gasteiger partial charge on any atom is 0.330 e. The van der Waals surface area contributed by atoms with Gasteiger partial charge in [0.1, 0.15) is 6.10 Å². The molecule has 0 bridgehead atoms. The minimum Gasteiger partial charge on any atom is -0.388 e. The Kier molecular flexibility index (Phi) is 27.5. The van der Waals surface area contributed by atoms with Gasteiger partial charge in [0.05, 0.1) is 58.5 Å². The molecule has 0 rings (SSSR count). The van der Waals surface area contributed by atoms with Crippen molar-refractivity contribution in [1.29, 1.82) is 0 Å². The number of hydrogen-bond donors (Lipinski definition) is 4. The minimum atomic E-state index is -3.73. The highest BCUT2D eigenvalue weighted by molar-refractivity contribution is 7.56. The van der Waals surface area contributed by atoms with Gasteiger partial charge in [-0.05, 0) is 25.7 Å². The summed E-state index contributed by atoms with van der Waals surface area (Å²) < 4.78 is 51.8. The maximum atomic E-state index is 12.9. The number of hydrogen-bond acceptors (Lipinski definition) is 8. The van der Waals surface area contributed by atoms with Gasteiger partial charge in [-0.25, -0.2) is 5.09 Å². The molecule has 0 spiro atoms. The molecule has 0 aliphatic heterocycles. The van der Waals surface area contributed by atoms with Gasteiger partial charge in [0, 0.05) is 18.8 Å². The summed E-state index contributed by atoms with van der Waals surface area (Å²) in [6.07, 6.45) is 10.4.